The maximum Gasteiger partial charge on any atom is 0.227 e. The van der Waals surface area contributed by atoms with Gasteiger partial charge >= 0.3 is 0 Å². The zero-order chi connectivity index (χ0) is 24.6. The molecule has 5 aromatic rings. The average molecular weight is 474 g/mol. The molecule has 5 N–H and O–H groups in total. The number of H-pyrrole nitrogens is 1. The van der Waals surface area contributed by atoms with Crippen molar-refractivity contribution in [2.75, 3.05) is 11.1 Å². The van der Waals surface area contributed by atoms with Crippen LogP contribution in [0.3, 0.4) is 0 Å². The molecule has 3 aromatic heterocycles. The summed E-state index contributed by atoms with van der Waals surface area (Å²) in [7, 11) is 0. The number of hydrogen-bond donors (Lipinski definition) is 4. The van der Waals surface area contributed by atoms with Crippen LogP contribution in [0.15, 0.2) is 79.4 Å². The molecule has 1 aliphatic rings. The minimum Gasteiger partial charge on any atom is -0.398 e. The summed E-state index contributed by atoms with van der Waals surface area (Å²) in [6.45, 7) is 0. The van der Waals surface area contributed by atoms with Crippen molar-refractivity contribution in [2.45, 2.75) is 12.8 Å². The molecule has 0 atom stereocenters. The highest BCUT2D eigenvalue weighted by Gasteiger charge is 2.29. The van der Waals surface area contributed by atoms with Crippen LogP contribution >= 0.6 is 0 Å². The van der Waals surface area contributed by atoms with E-state index in [0.717, 1.165) is 46.1 Å². The topological polar surface area (TPSA) is 133 Å². The number of para-hydroxylation sites is 1. The predicted molar refractivity (Wildman–Crippen MR) is 141 cm³/mol. The number of aromatic nitrogens is 4. The third-order valence-electron chi connectivity index (χ3n) is 6.35. The van der Waals surface area contributed by atoms with Crippen LogP contribution in [0, 0.1) is 11.3 Å². The molecular weight excluding hydrogens is 450 g/mol. The zero-order valence-electron chi connectivity index (χ0n) is 19.3. The fourth-order valence-corrected chi connectivity index (χ4v) is 4.25. The minimum absolute atomic E-state index is 0.0322. The van der Waals surface area contributed by atoms with Gasteiger partial charge in [-0.3, -0.25) is 20.2 Å². The fraction of sp³-hybridized carbons (Fsp3) is 0.107. The number of nitrogens with one attached hydrogen (secondary N) is 3. The van der Waals surface area contributed by atoms with Gasteiger partial charge in [-0.1, -0.05) is 18.2 Å². The molecule has 8 heteroatoms. The molecule has 6 rings (SSSR count). The number of fused-ring (bicyclic) bond motifs is 1. The highest BCUT2D eigenvalue weighted by Crippen LogP contribution is 2.32. The number of nitrogens with two attached hydrogens (primary N) is 1. The molecule has 2 aromatic carbocycles. The van der Waals surface area contributed by atoms with Crippen molar-refractivity contribution >= 4 is 34.0 Å². The van der Waals surface area contributed by atoms with Crippen LogP contribution in [-0.4, -0.2) is 31.6 Å². The van der Waals surface area contributed by atoms with E-state index in [9.17, 15) is 4.79 Å². The van der Waals surface area contributed by atoms with Crippen molar-refractivity contribution in [1.29, 1.82) is 5.41 Å². The van der Waals surface area contributed by atoms with Crippen molar-refractivity contribution in [1.82, 2.24) is 19.9 Å². The van der Waals surface area contributed by atoms with E-state index in [2.05, 4.69) is 20.3 Å². The fourth-order valence-electron chi connectivity index (χ4n) is 4.25. The van der Waals surface area contributed by atoms with Crippen LogP contribution in [-0.2, 0) is 4.79 Å². The number of pyridine rings is 2. The summed E-state index contributed by atoms with van der Waals surface area (Å²) in [6, 6.07) is 17.2. The Labute approximate surface area is 207 Å². The van der Waals surface area contributed by atoms with Gasteiger partial charge in [-0.2, -0.15) is 0 Å². The van der Waals surface area contributed by atoms with Crippen LogP contribution in [0.25, 0.3) is 33.3 Å². The largest absolute Gasteiger partial charge is 0.398 e. The number of anilines is 2. The molecule has 0 unspecified atom stereocenters. The van der Waals surface area contributed by atoms with Crippen molar-refractivity contribution in [3.8, 4) is 22.3 Å². The Hall–Kier alpha value is -4.85. The molecule has 0 bridgehead atoms. The second-order valence-corrected chi connectivity index (χ2v) is 8.93. The summed E-state index contributed by atoms with van der Waals surface area (Å²) >= 11 is 0. The zero-order valence-corrected chi connectivity index (χ0v) is 19.3. The number of benzene rings is 2. The van der Waals surface area contributed by atoms with Gasteiger partial charge < -0.3 is 16.0 Å². The Morgan fingerprint density at radius 1 is 0.972 bits per heavy atom. The summed E-state index contributed by atoms with van der Waals surface area (Å²) in [5.74, 6) is 0.573. The molecule has 176 valence electrons. The number of imidazole rings is 1. The Balaban J connectivity index is 1.34. The first-order valence-electron chi connectivity index (χ1n) is 11.7. The lowest BCUT2D eigenvalue weighted by molar-refractivity contribution is -0.117. The van der Waals surface area contributed by atoms with Crippen LogP contribution < -0.4 is 11.1 Å². The number of hydrogen-bond acceptors (Lipinski definition) is 6. The van der Waals surface area contributed by atoms with E-state index in [0.29, 0.717) is 22.8 Å². The second kappa shape index (κ2) is 8.74. The van der Waals surface area contributed by atoms with Gasteiger partial charge in [0, 0.05) is 46.9 Å². The van der Waals surface area contributed by atoms with Crippen molar-refractivity contribution in [3.63, 3.8) is 0 Å². The molecule has 1 amide bonds. The second-order valence-electron chi connectivity index (χ2n) is 8.93. The highest BCUT2D eigenvalue weighted by molar-refractivity contribution is 6.14. The van der Waals surface area contributed by atoms with Gasteiger partial charge in [-0.15, -0.1) is 0 Å². The van der Waals surface area contributed by atoms with E-state index in [1.807, 2.05) is 48.5 Å². The molecule has 0 aliphatic heterocycles. The van der Waals surface area contributed by atoms with Gasteiger partial charge in [0.05, 0.1) is 22.9 Å². The normalized spacial score (nSPS) is 13.0. The van der Waals surface area contributed by atoms with Crippen molar-refractivity contribution in [2.24, 2.45) is 5.92 Å². The van der Waals surface area contributed by atoms with E-state index < -0.39 is 0 Å². The minimum atomic E-state index is 0.0322. The third kappa shape index (κ3) is 4.09. The SMILES string of the molecule is N=C(c1nc2c(-c3ccncc3)cccc2[nH]1)c1cc(-c2cncc(NC(=O)C3CC3)c2)ccc1N. The molecule has 1 saturated carbocycles. The number of nitrogens with zero attached hydrogens (tertiary/aromatic N) is 3. The maximum absolute atomic E-state index is 12.2. The van der Waals surface area contributed by atoms with E-state index in [-0.39, 0.29) is 17.5 Å². The third-order valence-corrected chi connectivity index (χ3v) is 6.35. The van der Waals surface area contributed by atoms with Gasteiger partial charge in [0.25, 0.3) is 0 Å². The number of aromatic amines is 1. The maximum atomic E-state index is 12.2. The number of carbonyl (C=O) groups excluding carboxylic acids is 1. The highest BCUT2D eigenvalue weighted by atomic mass is 16.2. The number of rotatable bonds is 6. The van der Waals surface area contributed by atoms with Gasteiger partial charge in [-0.25, -0.2) is 4.98 Å². The first-order valence-corrected chi connectivity index (χ1v) is 11.7. The summed E-state index contributed by atoms with van der Waals surface area (Å²) in [5.41, 5.74) is 13.4. The first-order chi connectivity index (χ1) is 17.6. The van der Waals surface area contributed by atoms with E-state index in [1.54, 1.807) is 30.9 Å². The Kier molecular flexibility index (Phi) is 5.26. The molecule has 1 fully saturated rings. The Bertz CT molecular complexity index is 1620. The standard InChI is InChI=1S/C28H23N7O/c29-23-7-6-18(19-12-20(15-32-14-19)33-28(36)17-4-5-17)13-22(23)25(30)27-34-24-3-1-2-21(26(24)35-27)16-8-10-31-11-9-16/h1-3,6-15,17,30H,4-5,29H2,(H,33,36)(H,34,35). The van der Waals surface area contributed by atoms with Gasteiger partial charge in [0.2, 0.25) is 5.91 Å². The monoisotopic (exact) mass is 473 g/mol. The lowest BCUT2D eigenvalue weighted by Gasteiger charge is -2.10. The summed E-state index contributed by atoms with van der Waals surface area (Å²) in [4.78, 5) is 28.6. The van der Waals surface area contributed by atoms with Crippen LogP contribution in [0.2, 0.25) is 0 Å². The van der Waals surface area contributed by atoms with Crippen LogP contribution in [0.4, 0.5) is 11.4 Å². The van der Waals surface area contributed by atoms with Crippen molar-refractivity contribution < 1.29 is 4.79 Å². The molecule has 0 saturated heterocycles. The van der Waals surface area contributed by atoms with Gasteiger partial charge in [0.15, 0.2) is 5.82 Å². The summed E-state index contributed by atoms with van der Waals surface area (Å²) in [5, 5.41) is 11.8. The molecule has 0 spiro atoms. The molecule has 0 radical (unpaired) electrons. The molecule has 3 heterocycles. The van der Waals surface area contributed by atoms with Crippen molar-refractivity contribution in [3.05, 3.63) is 90.8 Å². The average Bonchev–Trinajstić information content (AvgIpc) is 3.67. The van der Waals surface area contributed by atoms with E-state index >= 15 is 0 Å². The molecule has 8 nitrogen and oxygen atoms in total. The summed E-state index contributed by atoms with van der Waals surface area (Å²) in [6.07, 6.45) is 8.74. The van der Waals surface area contributed by atoms with Gasteiger partial charge in [-0.05, 0) is 60.4 Å². The number of amides is 1. The quantitative estimate of drug-likeness (QED) is 0.203. The first kappa shape index (κ1) is 21.7. The molecule has 1 aliphatic carbocycles. The predicted octanol–water partition coefficient (Wildman–Crippen LogP) is 5.03. The van der Waals surface area contributed by atoms with Gasteiger partial charge in [0.1, 0.15) is 5.71 Å². The smallest absolute Gasteiger partial charge is 0.227 e. The summed E-state index contributed by atoms with van der Waals surface area (Å²) < 4.78 is 0. The lowest BCUT2D eigenvalue weighted by Crippen LogP contribution is -2.13. The number of nitrogen functional groups attached to an aromatic ring is 1. The van der Waals surface area contributed by atoms with Crippen LogP contribution in [0.5, 0.6) is 0 Å². The van der Waals surface area contributed by atoms with Crippen LogP contribution in [0.1, 0.15) is 24.2 Å². The van der Waals surface area contributed by atoms with E-state index in [1.165, 1.54) is 0 Å². The molecular formula is C28H23N7O. The molecule has 36 heavy (non-hydrogen) atoms. The Morgan fingerprint density at radius 3 is 2.61 bits per heavy atom. The number of carbonyl (C=O) groups is 1. The Morgan fingerprint density at radius 2 is 1.81 bits per heavy atom. The van der Waals surface area contributed by atoms with E-state index in [4.69, 9.17) is 16.1 Å². The lowest BCUT2D eigenvalue weighted by atomic mass is 10.00.